The highest BCUT2D eigenvalue weighted by Crippen LogP contribution is 2.26. The summed E-state index contributed by atoms with van der Waals surface area (Å²) >= 11 is 0. The standard InChI is InChI=1S/C15H16N2O2/c1-2-6-12-11-14(17(18)19)9-10-15(12)16-13-7-4-3-5-8-13/h3-5,7-11,16H,2,6H2,1H3. The minimum absolute atomic E-state index is 0.141. The SMILES string of the molecule is CCCc1cc([N+](=O)[O-])ccc1Nc1ccccc1. The summed E-state index contributed by atoms with van der Waals surface area (Å²) in [6.45, 7) is 2.06. The molecule has 0 aromatic heterocycles. The molecule has 0 unspecified atom stereocenters. The normalized spacial score (nSPS) is 10.2. The van der Waals surface area contributed by atoms with Gasteiger partial charge in [-0.25, -0.2) is 0 Å². The van der Waals surface area contributed by atoms with Gasteiger partial charge in [-0.3, -0.25) is 10.1 Å². The number of rotatable bonds is 5. The zero-order valence-electron chi connectivity index (χ0n) is 10.8. The van der Waals surface area contributed by atoms with Crippen LogP contribution in [0.1, 0.15) is 18.9 Å². The second-order valence-corrected chi connectivity index (χ2v) is 4.34. The molecule has 0 spiro atoms. The van der Waals surface area contributed by atoms with Gasteiger partial charge in [-0.15, -0.1) is 0 Å². The molecule has 0 aliphatic heterocycles. The van der Waals surface area contributed by atoms with E-state index in [0.717, 1.165) is 29.8 Å². The molecular formula is C15H16N2O2. The second kappa shape index (κ2) is 6.00. The van der Waals surface area contributed by atoms with E-state index in [9.17, 15) is 10.1 Å². The summed E-state index contributed by atoms with van der Waals surface area (Å²) in [5.41, 5.74) is 3.02. The summed E-state index contributed by atoms with van der Waals surface area (Å²) < 4.78 is 0. The van der Waals surface area contributed by atoms with Crippen LogP contribution in [-0.4, -0.2) is 4.92 Å². The molecular weight excluding hydrogens is 240 g/mol. The van der Waals surface area contributed by atoms with E-state index in [1.165, 1.54) is 6.07 Å². The Balaban J connectivity index is 2.31. The van der Waals surface area contributed by atoms with Crippen LogP contribution in [0.25, 0.3) is 0 Å². The number of para-hydroxylation sites is 1. The Bertz CT molecular complexity index is 568. The molecule has 2 rings (SSSR count). The molecule has 1 N–H and O–H groups in total. The fourth-order valence-electron chi connectivity index (χ4n) is 1.97. The van der Waals surface area contributed by atoms with Crippen molar-refractivity contribution in [1.29, 1.82) is 0 Å². The predicted octanol–water partition coefficient (Wildman–Crippen LogP) is 4.29. The largest absolute Gasteiger partial charge is 0.355 e. The van der Waals surface area contributed by atoms with E-state index in [2.05, 4.69) is 12.2 Å². The Morgan fingerprint density at radius 3 is 2.53 bits per heavy atom. The Hall–Kier alpha value is -2.36. The summed E-state index contributed by atoms with van der Waals surface area (Å²) in [5, 5.41) is 14.1. The van der Waals surface area contributed by atoms with E-state index in [1.807, 2.05) is 30.3 Å². The van der Waals surface area contributed by atoms with Gasteiger partial charge in [0.15, 0.2) is 0 Å². The van der Waals surface area contributed by atoms with E-state index < -0.39 is 0 Å². The van der Waals surface area contributed by atoms with Crippen LogP contribution in [0.5, 0.6) is 0 Å². The fourth-order valence-corrected chi connectivity index (χ4v) is 1.97. The summed E-state index contributed by atoms with van der Waals surface area (Å²) in [5.74, 6) is 0. The van der Waals surface area contributed by atoms with Crippen molar-refractivity contribution in [3.63, 3.8) is 0 Å². The number of benzene rings is 2. The molecule has 2 aromatic carbocycles. The first kappa shape index (κ1) is 13.1. The van der Waals surface area contributed by atoms with Crippen LogP contribution in [0.15, 0.2) is 48.5 Å². The minimum Gasteiger partial charge on any atom is -0.355 e. The lowest BCUT2D eigenvalue weighted by Gasteiger charge is -2.11. The van der Waals surface area contributed by atoms with Gasteiger partial charge in [0.05, 0.1) is 4.92 Å². The first-order valence-electron chi connectivity index (χ1n) is 6.30. The van der Waals surface area contributed by atoms with Crippen LogP contribution in [0.4, 0.5) is 17.1 Å². The molecule has 0 radical (unpaired) electrons. The molecule has 0 amide bonds. The number of nitro groups is 1. The zero-order chi connectivity index (χ0) is 13.7. The average Bonchev–Trinajstić information content (AvgIpc) is 2.42. The summed E-state index contributed by atoms with van der Waals surface area (Å²) in [6, 6.07) is 14.7. The molecule has 19 heavy (non-hydrogen) atoms. The van der Waals surface area contributed by atoms with Crippen molar-refractivity contribution >= 4 is 17.1 Å². The zero-order valence-corrected chi connectivity index (χ0v) is 10.8. The van der Waals surface area contributed by atoms with E-state index in [-0.39, 0.29) is 10.6 Å². The molecule has 2 aromatic rings. The van der Waals surface area contributed by atoms with Gasteiger partial charge in [-0.05, 0) is 30.2 Å². The van der Waals surface area contributed by atoms with Crippen molar-refractivity contribution in [2.24, 2.45) is 0 Å². The lowest BCUT2D eigenvalue weighted by Crippen LogP contribution is -1.98. The smallest absolute Gasteiger partial charge is 0.269 e. The third-order valence-electron chi connectivity index (χ3n) is 2.87. The minimum atomic E-state index is -0.356. The Labute approximate surface area is 112 Å². The van der Waals surface area contributed by atoms with Crippen molar-refractivity contribution in [2.75, 3.05) is 5.32 Å². The van der Waals surface area contributed by atoms with Crippen molar-refractivity contribution in [3.05, 3.63) is 64.2 Å². The van der Waals surface area contributed by atoms with Gasteiger partial charge in [-0.2, -0.15) is 0 Å². The molecule has 0 atom stereocenters. The van der Waals surface area contributed by atoms with Gasteiger partial charge in [-0.1, -0.05) is 31.5 Å². The molecule has 4 nitrogen and oxygen atoms in total. The number of hydrogen-bond donors (Lipinski definition) is 1. The Morgan fingerprint density at radius 2 is 1.89 bits per heavy atom. The van der Waals surface area contributed by atoms with Crippen LogP contribution in [0, 0.1) is 10.1 Å². The van der Waals surface area contributed by atoms with Crippen LogP contribution < -0.4 is 5.32 Å². The van der Waals surface area contributed by atoms with Gasteiger partial charge >= 0.3 is 0 Å². The number of aryl methyl sites for hydroxylation is 1. The average molecular weight is 256 g/mol. The van der Waals surface area contributed by atoms with Gasteiger partial charge < -0.3 is 5.32 Å². The topological polar surface area (TPSA) is 55.2 Å². The van der Waals surface area contributed by atoms with Gasteiger partial charge in [0.1, 0.15) is 0 Å². The van der Waals surface area contributed by atoms with E-state index >= 15 is 0 Å². The van der Waals surface area contributed by atoms with Gasteiger partial charge in [0.25, 0.3) is 5.69 Å². The maximum Gasteiger partial charge on any atom is 0.269 e. The van der Waals surface area contributed by atoms with Crippen LogP contribution >= 0.6 is 0 Å². The van der Waals surface area contributed by atoms with Crippen LogP contribution in [-0.2, 0) is 6.42 Å². The Morgan fingerprint density at radius 1 is 1.16 bits per heavy atom. The van der Waals surface area contributed by atoms with Crippen molar-refractivity contribution < 1.29 is 4.92 Å². The second-order valence-electron chi connectivity index (χ2n) is 4.34. The van der Waals surface area contributed by atoms with E-state index in [1.54, 1.807) is 12.1 Å². The number of non-ortho nitro benzene ring substituents is 1. The van der Waals surface area contributed by atoms with Crippen LogP contribution in [0.3, 0.4) is 0 Å². The number of hydrogen-bond acceptors (Lipinski definition) is 3. The lowest BCUT2D eigenvalue weighted by molar-refractivity contribution is -0.384. The van der Waals surface area contributed by atoms with Gasteiger partial charge in [0, 0.05) is 23.5 Å². The summed E-state index contributed by atoms with van der Waals surface area (Å²) in [6.07, 6.45) is 1.77. The van der Waals surface area contributed by atoms with E-state index in [4.69, 9.17) is 0 Å². The highest BCUT2D eigenvalue weighted by Gasteiger charge is 2.10. The van der Waals surface area contributed by atoms with Crippen molar-refractivity contribution in [2.45, 2.75) is 19.8 Å². The molecule has 0 saturated heterocycles. The molecule has 0 aliphatic carbocycles. The quantitative estimate of drug-likeness (QED) is 0.641. The van der Waals surface area contributed by atoms with Crippen LogP contribution in [0.2, 0.25) is 0 Å². The highest BCUT2D eigenvalue weighted by atomic mass is 16.6. The van der Waals surface area contributed by atoms with E-state index in [0.29, 0.717) is 0 Å². The van der Waals surface area contributed by atoms with Crippen molar-refractivity contribution in [3.8, 4) is 0 Å². The molecule has 4 heteroatoms. The fraction of sp³-hybridized carbons (Fsp3) is 0.200. The summed E-state index contributed by atoms with van der Waals surface area (Å²) in [4.78, 5) is 10.5. The maximum atomic E-state index is 10.8. The molecule has 0 bridgehead atoms. The van der Waals surface area contributed by atoms with Crippen molar-refractivity contribution in [1.82, 2.24) is 0 Å². The lowest BCUT2D eigenvalue weighted by atomic mass is 10.1. The number of anilines is 2. The number of nitrogens with one attached hydrogen (secondary N) is 1. The predicted molar refractivity (Wildman–Crippen MR) is 76.8 cm³/mol. The maximum absolute atomic E-state index is 10.8. The molecule has 0 heterocycles. The third kappa shape index (κ3) is 3.31. The van der Waals surface area contributed by atoms with Gasteiger partial charge in [0.2, 0.25) is 0 Å². The first-order valence-corrected chi connectivity index (χ1v) is 6.30. The molecule has 0 aliphatic rings. The first-order chi connectivity index (χ1) is 9.20. The number of nitro benzene ring substituents is 1. The monoisotopic (exact) mass is 256 g/mol. The third-order valence-corrected chi connectivity index (χ3v) is 2.87. The Kier molecular flexibility index (Phi) is 4.13. The molecule has 0 saturated carbocycles. The number of nitrogens with zero attached hydrogens (tertiary/aromatic N) is 1. The summed E-state index contributed by atoms with van der Waals surface area (Å²) in [7, 11) is 0. The molecule has 0 fully saturated rings. The highest BCUT2D eigenvalue weighted by molar-refractivity contribution is 5.65. The molecule has 98 valence electrons.